The second-order valence-electron chi connectivity index (χ2n) is 4.89. The predicted octanol–water partition coefficient (Wildman–Crippen LogP) is 2.19. The minimum absolute atomic E-state index is 0.111. The summed E-state index contributed by atoms with van der Waals surface area (Å²) >= 11 is 0. The van der Waals surface area contributed by atoms with Gasteiger partial charge >= 0.3 is 0 Å². The van der Waals surface area contributed by atoms with E-state index >= 15 is 0 Å². The molecule has 1 aromatic carbocycles. The van der Waals surface area contributed by atoms with Gasteiger partial charge < -0.3 is 14.8 Å². The average Bonchev–Trinajstić information content (AvgIpc) is 2.94. The van der Waals surface area contributed by atoms with Gasteiger partial charge in [0, 0.05) is 24.0 Å². The molecule has 0 aliphatic carbocycles. The molecule has 1 amide bonds. The molecule has 112 valence electrons. The quantitative estimate of drug-likeness (QED) is 0.875. The van der Waals surface area contributed by atoms with E-state index in [1.807, 2.05) is 6.07 Å². The Kier molecular flexibility index (Phi) is 3.74. The van der Waals surface area contributed by atoms with E-state index in [2.05, 4.69) is 10.3 Å². The van der Waals surface area contributed by atoms with Crippen molar-refractivity contribution < 1.29 is 19.1 Å². The van der Waals surface area contributed by atoms with Crippen LogP contribution in [0, 0.1) is 0 Å². The lowest BCUT2D eigenvalue weighted by Gasteiger charge is -2.10. The van der Waals surface area contributed by atoms with Gasteiger partial charge in [-0.2, -0.15) is 0 Å². The van der Waals surface area contributed by atoms with Gasteiger partial charge in [-0.05, 0) is 24.6 Å². The second kappa shape index (κ2) is 5.85. The maximum atomic E-state index is 12.1. The number of Topliss-reactive ketones (excluding diaryl/α,β-unsaturated/α-hetero) is 1. The van der Waals surface area contributed by atoms with Gasteiger partial charge in [0.05, 0.1) is 12.1 Å². The number of aromatic nitrogens is 1. The number of rotatable bonds is 4. The molecule has 22 heavy (non-hydrogen) atoms. The lowest BCUT2D eigenvalue weighted by atomic mass is 10.1. The Balaban J connectivity index is 1.82. The zero-order valence-electron chi connectivity index (χ0n) is 12.0. The van der Waals surface area contributed by atoms with Crippen molar-refractivity contribution >= 4 is 17.4 Å². The van der Waals surface area contributed by atoms with Crippen LogP contribution in [-0.4, -0.2) is 23.5 Å². The molecule has 0 saturated heterocycles. The molecule has 0 unspecified atom stereocenters. The van der Waals surface area contributed by atoms with Crippen molar-refractivity contribution in [3.63, 3.8) is 0 Å². The Morgan fingerprint density at radius 3 is 2.73 bits per heavy atom. The highest BCUT2D eigenvalue weighted by Crippen LogP contribution is 2.37. The standard InChI is InChI=1S/C16H14N2O4/c1-10(19)12-6-14-15(22-9-21-14)7-13(12)18-16(20)5-11-3-2-4-17-8-11/h2-4,6-8H,5,9H2,1H3,(H,18,20). The number of hydrogen-bond acceptors (Lipinski definition) is 5. The predicted molar refractivity (Wildman–Crippen MR) is 79.1 cm³/mol. The summed E-state index contributed by atoms with van der Waals surface area (Å²) in [4.78, 5) is 27.8. The molecule has 6 heteroatoms. The normalized spacial score (nSPS) is 12.0. The van der Waals surface area contributed by atoms with Gasteiger partial charge in [0.2, 0.25) is 12.7 Å². The molecule has 0 radical (unpaired) electrons. The Hall–Kier alpha value is -2.89. The van der Waals surface area contributed by atoms with Crippen molar-refractivity contribution in [2.75, 3.05) is 12.1 Å². The van der Waals surface area contributed by atoms with Crippen molar-refractivity contribution in [2.45, 2.75) is 13.3 Å². The van der Waals surface area contributed by atoms with Gasteiger partial charge in [-0.3, -0.25) is 14.6 Å². The maximum Gasteiger partial charge on any atom is 0.231 e. The van der Waals surface area contributed by atoms with Crippen LogP contribution in [0.3, 0.4) is 0 Å². The van der Waals surface area contributed by atoms with Gasteiger partial charge in [-0.1, -0.05) is 6.07 Å². The van der Waals surface area contributed by atoms with Crippen molar-refractivity contribution in [2.24, 2.45) is 0 Å². The smallest absolute Gasteiger partial charge is 0.231 e. The Morgan fingerprint density at radius 1 is 1.27 bits per heavy atom. The zero-order valence-corrected chi connectivity index (χ0v) is 12.0. The molecule has 0 fully saturated rings. The van der Waals surface area contributed by atoms with Crippen LogP contribution >= 0.6 is 0 Å². The third-order valence-electron chi connectivity index (χ3n) is 3.25. The Morgan fingerprint density at radius 2 is 2.05 bits per heavy atom. The van der Waals surface area contributed by atoms with Crippen LogP contribution in [0.15, 0.2) is 36.7 Å². The molecule has 0 saturated carbocycles. The van der Waals surface area contributed by atoms with E-state index in [-0.39, 0.29) is 24.9 Å². The SMILES string of the molecule is CC(=O)c1cc2c(cc1NC(=O)Cc1cccnc1)OCO2. The number of fused-ring (bicyclic) bond motifs is 1. The highest BCUT2D eigenvalue weighted by molar-refractivity contribution is 6.04. The molecule has 1 N–H and O–H groups in total. The largest absolute Gasteiger partial charge is 0.454 e. The fraction of sp³-hybridized carbons (Fsp3) is 0.188. The number of ketones is 1. The number of nitrogens with zero attached hydrogens (tertiary/aromatic N) is 1. The summed E-state index contributed by atoms with van der Waals surface area (Å²) in [5.74, 6) is 0.640. The lowest BCUT2D eigenvalue weighted by Crippen LogP contribution is -2.16. The van der Waals surface area contributed by atoms with Gasteiger partial charge in [0.25, 0.3) is 0 Å². The van der Waals surface area contributed by atoms with Crippen LogP contribution in [0.25, 0.3) is 0 Å². The third-order valence-corrected chi connectivity index (χ3v) is 3.25. The highest BCUT2D eigenvalue weighted by Gasteiger charge is 2.20. The van der Waals surface area contributed by atoms with Crippen LogP contribution in [0.1, 0.15) is 22.8 Å². The van der Waals surface area contributed by atoms with Gasteiger partial charge in [0.15, 0.2) is 17.3 Å². The molecule has 1 aromatic heterocycles. The molecule has 1 aliphatic heterocycles. The maximum absolute atomic E-state index is 12.1. The molecular weight excluding hydrogens is 284 g/mol. The molecule has 0 bridgehead atoms. The summed E-state index contributed by atoms with van der Waals surface area (Å²) in [6.07, 6.45) is 3.46. The minimum atomic E-state index is -0.227. The number of hydrogen-bond donors (Lipinski definition) is 1. The summed E-state index contributed by atoms with van der Waals surface area (Å²) in [6.45, 7) is 1.55. The average molecular weight is 298 g/mol. The minimum Gasteiger partial charge on any atom is -0.454 e. The molecule has 1 aliphatic rings. The van der Waals surface area contributed by atoms with Crippen molar-refractivity contribution in [3.05, 3.63) is 47.8 Å². The first-order valence-corrected chi connectivity index (χ1v) is 6.77. The first kappa shape index (κ1) is 14.1. The lowest BCUT2D eigenvalue weighted by molar-refractivity contribution is -0.115. The number of ether oxygens (including phenoxy) is 2. The summed E-state index contributed by atoms with van der Waals surface area (Å²) < 4.78 is 10.5. The van der Waals surface area contributed by atoms with Crippen LogP contribution in [0.2, 0.25) is 0 Å². The van der Waals surface area contributed by atoms with Crippen molar-refractivity contribution in [1.29, 1.82) is 0 Å². The first-order chi connectivity index (χ1) is 10.6. The summed E-state index contributed by atoms with van der Waals surface area (Å²) in [5, 5.41) is 2.75. The number of anilines is 1. The molecule has 3 rings (SSSR count). The zero-order chi connectivity index (χ0) is 15.5. The number of carbonyl (C=O) groups excluding carboxylic acids is 2. The van der Waals surface area contributed by atoms with Crippen LogP contribution in [0.4, 0.5) is 5.69 Å². The monoisotopic (exact) mass is 298 g/mol. The first-order valence-electron chi connectivity index (χ1n) is 6.77. The van der Waals surface area contributed by atoms with Crippen LogP contribution in [0.5, 0.6) is 11.5 Å². The highest BCUT2D eigenvalue weighted by atomic mass is 16.7. The van der Waals surface area contributed by atoms with E-state index in [0.29, 0.717) is 22.7 Å². The Bertz CT molecular complexity index is 728. The second-order valence-corrected chi connectivity index (χ2v) is 4.89. The van der Waals surface area contributed by atoms with E-state index in [1.165, 1.54) is 6.92 Å². The number of benzene rings is 1. The number of pyridine rings is 1. The van der Waals surface area contributed by atoms with Gasteiger partial charge in [-0.25, -0.2) is 0 Å². The fourth-order valence-electron chi connectivity index (χ4n) is 2.22. The van der Waals surface area contributed by atoms with E-state index in [1.54, 1.807) is 30.6 Å². The molecule has 6 nitrogen and oxygen atoms in total. The van der Waals surface area contributed by atoms with E-state index in [9.17, 15) is 9.59 Å². The fourth-order valence-corrected chi connectivity index (χ4v) is 2.22. The molecular formula is C16H14N2O4. The summed E-state index contributed by atoms with van der Waals surface area (Å²) in [7, 11) is 0. The summed E-state index contributed by atoms with van der Waals surface area (Å²) in [5.41, 5.74) is 1.61. The number of amides is 1. The van der Waals surface area contributed by atoms with Crippen LogP contribution < -0.4 is 14.8 Å². The van der Waals surface area contributed by atoms with Gasteiger partial charge in [0.1, 0.15) is 0 Å². The Labute approximate surface area is 127 Å². The van der Waals surface area contributed by atoms with Crippen molar-refractivity contribution in [1.82, 2.24) is 4.98 Å². The van der Waals surface area contributed by atoms with Crippen molar-refractivity contribution in [3.8, 4) is 11.5 Å². The molecule has 2 heterocycles. The molecule has 2 aromatic rings. The number of nitrogens with one attached hydrogen (secondary N) is 1. The third kappa shape index (κ3) is 2.90. The van der Waals surface area contributed by atoms with Crippen LogP contribution in [-0.2, 0) is 11.2 Å². The van der Waals surface area contributed by atoms with E-state index in [0.717, 1.165) is 5.56 Å². The van der Waals surface area contributed by atoms with Gasteiger partial charge in [-0.15, -0.1) is 0 Å². The topological polar surface area (TPSA) is 77.5 Å². The summed E-state index contributed by atoms with van der Waals surface area (Å²) in [6, 6.07) is 6.78. The molecule has 0 spiro atoms. The molecule has 0 atom stereocenters. The number of carbonyl (C=O) groups is 2. The van der Waals surface area contributed by atoms with E-state index < -0.39 is 0 Å². The van der Waals surface area contributed by atoms with E-state index in [4.69, 9.17) is 9.47 Å².